The highest BCUT2D eigenvalue weighted by Gasteiger charge is 2.58. The number of aromatic amines is 1. The van der Waals surface area contributed by atoms with Crippen LogP contribution in [0.4, 0.5) is 4.39 Å². The average Bonchev–Trinajstić information content (AvgIpc) is 3.57. The van der Waals surface area contributed by atoms with E-state index < -0.39 is 67.3 Å². The van der Waals surface area contributed by atoms with Gasteiger partial charge in [0, 0.05) is 12.3 Å². The smallest absolute Gasteiger partial charge is 0.459 e. The lowest BCUT2D eigenvalue weighted by Crippen LogP contribution is -2.42. The Labute approximate surface area is 234 Å². The van der Waals surface area contributed by atoms with Crippen molar-refractivity contribution in [3.8, 4) is 5.75 Å². The number of ether oxygens (including phenoxy) is 2. The van der Waals surface area contributed by atoms with Crippen molar-refractivity contribution >= 4 is 25.3 Å². The van der Waals surface area contributed by atoms with Gasteiger partial charge in [0.1, 0.15) is 24.0 Å². The summed E-state index contributed by atoms with van der Waals surface area (Å²) in [6, 6.07) is 6.70. The van der Waals surface area contributed by atoms with Crippen LogP contribution in [0.2, 0.25) is 0 Å². The zero-order valence-corrected chi connectivity index (χ0v) is 24.0. The Balaban J connectivity index is 1.53. The summed E-state index contributed by atoms with van der Waals surface area (Å²) in [6.45, 7) is 6.10. The second kappa shape index (κ2) is 11.4. The summed E-state index contributed by atoms with van der Waals surface area (Å²) in [5.41, 5.74) is -0.574. The van der Waals surface area contributed by atoms with E-state index in [4.69, 9.17) is 30.1 Å². The lowest BCUT2D eigenvalue weighted by atomic mass is 9.99. The van der Waals surface area contributed by atoms with Crippen LogP contribution in [0.1, 0.15) is 52.3 Å². The Hall–Kier alpha value is -2.54. The molecule has 15 heteroatoms. The molecule has 2 fully saturated rings. The van der Waals surface area contributed by atoms with Crippen LogP contribution in [0.15, 0.2) is 46.1 Å². The molecule has 40 heavy (non-hydrogen) atoms. The number of halogens is 2. The number of esters is 1. The molecular formula is C25H32ClFN3O9P. The first-order chi connectivity index (χ1) is 18.6. The normalized spacial score (nSPS) is 27.6. The summed E-state index contributed by atoms with van der Waals surface area (Å²) in [5, 5.41) is 10.0. The molecule has 1 unspecified atom stereocenters. The molecule has 1 aromatic carbocycles. The van der Waals surface area contributed by atoms with Crippen LogP contribution < -0.4 is 20.9 Å². The number of hydrogen-bond acceptors (Lipinski definition) is 9. The Morgan fingerprint density at radius 2 is 1.93 bits per heavy atom. The second-order valence-corrected chi connectivity index (χ2v) is 12.7. The van der Waals surface area contributed by atoms with Crippen LogP contribution in [0, 0.1) is 0 Å². The van der Waals surface area contributed by atoms with E-state index in [1.165, 1.54) is 6.92 Å². The van der Waals surface area contributed by atoms with Crippen molar-refractivity contribution in [1.29, 1.82) is 0 Å². The van der Waals surface area contributed by atoms with Gasteiger partial charge in [-0.3, -0.25) is 23.7 Å². The van der Waals surface area contributed by atoms with Gasteiger partial charge in [-0.05, 0) is 56.7 Å². The maximum absolute atomic E-state index is 15.3. The molecular weight excluding hydrogens is 572 g/mol. The monoisotopic (exact) mass is 603 g/mol. The molecule has 12 nitrogen and oxygen atoms in total. The molecule has 0 spiro atoms. The largest absolute Gasteiger partial charge is 0.462 e. The van der Waals surface area contributed by atoms with Crippen molar-refractivity contribution in [3.63, 3.8) is 0 Å². The topological polar surface area (TPSA) is 158 Å². The molecule has 2 heterocycles. The Morgan fingerprint density at radius 1 is 1.27 bits per heavy atom. The van der Waals surface area contributed by atoms with E-state index in [1.807, 2.05) is 17.1 Å². The quantitative estimate of drug-likeness (QED) is 0.198. The predicted molar refractivity (Wildman–Crippen MR) is 142 cm³/mol. The molecule has 1 saturated heterocycles. The summed E-state index contributed by atoms with van der Waals surface area (Å²) in [6.07, 6.45) is -2.80. The lowest BCUT2D eigenvalue weighted by Gasteiger charge is -2.25. The summed E-state index contributed by atoms with van der Waals surface area (Å²) in [5.74, 6) is -0.561. The minimum atomic E-state index is -4.39. The zero-order valence-electron chi connectivity index (χ0n) is 22.3. The molecule has 0 amide bonds. The van der Waals surface area contributed by atoms with Crippen molar-refractivity contribution in [1.82, 2.24) is 14.6 Å². The van der Waals surface area contributed by atoms with Crippen LogP contribution in [-0.4, -0.2) is 56.7 Å². The number of aromatic nitrogens is 2. The maximum atomic E-state index is 15.3. The molecule has 1 aliphatic carbocycles. The van der Waals surface area contributed by atoms with E-state index in [-0.39, 0.29) is 11.2 Å². The highest BCUT2D eigenvalue weighted by molar-refractivity contribution is 7.52. The Morgan fingerprint density at radius 3 is 2.50 bits per heavy atom. The van der Waals surface area contributed by atoms with E-state index in [9.17, 15) is 24.1 Å². The lowest BCUT2D eigenvalue weighted by molar-refractivity contribution is -0.149. The van der Waals surface area contributed by atoms with Gasteiger partial charge in [-0.25, -0.2) is 13.8 Å². The van der Waals surface area contributed by atoms with Crippen molar-refractivity contribution in [3.05, 3.63) is 62.9 Å². The van der Waals surface area contributed by atoms with Crippen LogP contribution in [0.25, 0.3) is 0 Å². The Kier molecular flexibility index (Phi) is 8.66. The van der Waals surface area contributed by atoms with Gasteiger partial charge in [0.25, 0.3) is 10.7 Å². The molecule has 3 N–H and O–H groups in total. The van der Waals surface area contributed by atoms with E-state index in [1.54, 1.807) is 26.0 Å². The first-order valence-corrected chi connectivity index (χ1v) is 14.6. The summed E-state index contributed by atoms with van der Waals surface area (Å²) in [7, 11) is -4.39. The van der Waals surface area contributed by atoms with Crippen molar-refractivity contribution in [2.75, 3.05) is 6.61 Å². The highest BCUT2D eigenvalue weighted by Crippen LogP contribution is 2.50. The van der Waals surface area contributed by atoms with Gasteiger partial charge in [-0.1, -0.05) is 30.7 Å². The van der Waals surface area contributed by atoms with E-state index >= 15 is 4.39 Å². The fraction of sp³-hybridized carbons (Fsp3) is 0.560. The number of rotatable bonds is 11. The SMILES string of the molecule is CC(C)OC(=O)[C@H](C)NP(=O)(OC[C@H]1O[C@@H](n2ccc(=O)[nH]c2=O)[C@@](F)(Cl)[C@@H]1O)Oc1ccc(C2(C)CC2)cc1. The van der Waals surface area contributed by atoms with Crippen LogP contribution in [0.3, 0.4) is 0 Å². The van der Waals surface area contributed by atoms with Gasteiger partial charge in [0.2, 0.25) is 0 Å². The minimum absolute atomic E-state index is 0.0900. The fourth-order valence-electron chi connectivity index (χ4n) is 4.14. The molecule has 0 bridgehead atoms. The standard InChI is InChI=1S/C25H32ClFN3O9P/c1-14(2)37-21(33)15(3)29-40(35,39-17-7-5-16(6-8-17)24(4)10-11-24)36-13-18-20(32)25(26,27)22(38-18)30-12-9-19(31)28-23(30)34/h5-9,12,14-15,18,20,22,32H,10-11,13H2,1-4H3,(H,29,35)(H,28,31,34)/t15-,18+,20+,22+,25+,40?/m0/s1. The number of carbonyl (C=O) groups is 1. The third-order valence-corrected chi connectivity index (χ3v) is 8.78. The zero-order chi connectivity index (χ0) is 29.5. The molecule has 1 saturated carbocycles. The fourth-order valence-corrected chi connectivity index (χ4v) is 5.94. The number of carbonyl (C=O) groups excluding carboxylic acids is 1. The first-order valence-electron chi connectivity index (χ1n) is 12.7. The molecule has 1 aliphatic heterocycles. The van der Waals surface area contributed by atoms with Gasteiger partial charge in [0.15, 0.2) is 6.23 Å². The van der Waals surface area contributed by atoms with Gasteiger partial charge in [-0.2, -0.15) is 5.09 Å². The highest BCUT2D eigenvalue weighted by atomic mass is 35.5. The van der Waals surface area contributed by atoms with Crippen LogP contribution in [0.5, 0.6) is 5.75 Å². The van der Waals surface area contributed by atoms with E-state index in [0.717, 1.165) is 30.7 Å². The second-order valence-electron chi connectivity index (χ2n) is 10.5. The minimum Gasteiger partial charge on any atom is -0.462 e. The first kappa shape index (κ1) is 30.4. The summed E-state index contributed by atoms with van der Waals surface area (Å²) in [4.78, 5) is 37.9. The van der Waals surface area contributed by atoms with Crippen LogP contribution in [-0.2, 0) is 28.8 Å². The number of hydrogen-bond donors (Lipinski definition) is 3. The molecule has 2 aromatic rings. The van der Waals surface area contributed by atoms with Gasteiger partial charge >= 0.3 is 19.4 Å². The third-order valence-electron chi connectivity index (χ3n) is 6.73. The number of nitrogens with one attached hydrogen (secondary N) is 2. The van der Waals surface area contributed by atoms with Crippen molar-refractivity contribution in [2.24, 2.45) is 0 Å². The number of alkyl halides is 2. The van der Waals surface area contributed by atoms with E-state index in [2.05, 4.69) is 12.0 Å². The summed E-state index contributed by atoms with van der Waals surface area (Å²) < 4.78 is 51.6. The molecule has 2 aliphatic rings. The predicted octanol–water partition coefficient (Wildman–Crippen LogP) is 2.88. The average molecular weight is 604 g/mol. The van der Waals surface area contributed by atoms with Crippen LogP contribution >= 0.6 is 19.3 Å². The maximum Gasteiger partial charge on any atom is 0.459 e. The molecule has 0 radical (unpaired) electrons. The molecule has 1 aromatic heterocycles. The molecule has 4 rings (SSSR count). The van der Waals surface area contributed by atoms with Gasteiger partial charge < -0.3 is 19.1 Å². The van der Waals surface area contributed by atoms with Crippen molar-refractivity contribution in [2.45, 2.75) is 81.7 Å². The Bertz CT molecular complexity index is 1390. The van der Waals surface area contributed by atoms with Gasteiger partial charge in [-0.15, -0.1) is 0 Å². The van der Waals surface area contributed by atoms with Crippen molar-refractivity contribution < 1.29 is 37.4 Å². The number of aliphatic hydroxyl groups excluding tert-OH is 1. The summed E-state index contributed by atoms with van der Waals surface area (Å²) >= 11 is 5.91. The number of H-pyrrole nitrogens is 1. The number of aliphatic hydroxyl groups is 1. The van der Waals surface area contributed by atoms with E-state index in [0.29, 0.717) is 4.57 Å². The number of nitrogens with zero attached hydrogens (tertiary/aromatic N) is 1. The van der Waals surface area contributed by atoms with Gasteiger partial charge in [0.05, 0.1) is 12.7 Å². The molecule has 6 atom stereocenters. The number of benzene rings is 1. The molecule has 220 valence electrons. The third kappa shape index (κ3) is 6.67.